The highest BCUT2D eigenvalue weighted by molar-refractivity contribution is 6.17. The molecule has 5 heteroatoms. The first kappa shape index (κ1) is 13.7. The molecule has 1 unspecified atom stereocenters. The minimum absolute atomic E-state index is 0.346. The van der Waals surface area contributed by atoms with Crippen LogP contribution in [-0.4, -0.2) is 35.8 Å². The largest absolute Gasteiger partial charge is 0.497 e. The van der Waals surface area contributed by atoms with Gasteiger partial charge in [0.05, 0.1) is 30.8 Å². The summed E-state index contributed by atoms with van der Waals surface area (Å²) in [6, 6.07) is 6.35. The molecule has 1 atom stereocenters. The highest BCUT2D eigenvalue weighted by atomic mass is 35.5. The van der Waals surface area contributed by atoms with E-state index in [1.807, 2.05) is 12.1 Å². The van der Waals surface area contributed by atoms with Crippen molar-refractivity contribution < 1.29 is 9.47 Å². The molecule has 0 amide bonds. The van der Waals surface area contributed by atoms with Crippen LogP contribution in [0.3, 0.4) is 0 Å². The Balaban J connectivity index is 2.10. The fourth-order valence-corrected chi connectivity index (χ4v) is 3.01. The van der Waals surface area contributed by atoms with Crippen LogP contribution in [0.1, 0.15) is 24.7 Å². The van der Waals surface area contributed by atoms with E-state index in [4.69, 9.17) is 26.1 Å². The first-order chi connectivity index (χ1) is 9.83. The lowest BCUT2D eigenvalue weighted by molar-refractivity contribution is 0.0596. The Kier molecular flexibility index (Phi) is 4.13. The van der Waals surface area contributed by atoms with Gasteiger partial charge in [0.15, 0.2) is 0 Å². The van der Waals surface area contributed by atoms with Gasteiger partial charge in [0, 0.05) is 25.0 Å². The summed E-state index contributed by atoms with van der Waals surface area (Å²) in [6.07, 6.45) is 2.99. The van der Waals surface area contributed by atoms with E-state index in [2.05, 4.69) is 10.6 Å². The Hall–Kier alpha value is -1.26. The van der Waals surface area contributed by atoms with Gasteiger partial charge in [0.1, 0.15) is 11.6 Å². The number of imidazole rings is 1. The van der Waals surface area contributed by atoms with Crippen molar-refractivity contribution >= 4 is 22.6 Å². The molecule has 1 aliphatic heterocycles. The molecule has 1 fully saturated rings. The van der Waals surface area contributed by atoms with Gasteiger partial charge in [-0.2, -0.15) is 0 Å². The Morgan fingerprint density at radius 3 is 3.10 bits per heavy atom. The summed E-state index contributed by atoms with van der Waals surface area (Å²) in [5, 5.41) is 0. The van der Waals surface area contributed by atoms with Crippen LogP contribution in [0.15, 0.2) is 18.2 Å². The second-order valence-corrected chi connectivity index (χ2v) is 5.44. The normalized spacial score (nSPS) is 19.4. The van der Waals surface area contributed by atoms with E-state index in [9.17, 15) is 0 Å². The third-order valence-corrected chi connectivity index (χ3v) is 3.98. The van der Waals surface area contributed by atoms with Crippen LogP contribution in [0.25, 0.3) is 11.0 Å². The molecule has 4 nitrogen and oxygen atoms in total. The zero-order chi connectivity index (χ0) is 13.9. The van der Waals surface area contributed by atoms with E-state index >= 15 is 0 Å². The molecule has 1 aliphatic rings. The highest BCUT2D eigenvalue weighted by Gasteiger charge is 2.21. The van der Waals surface area contributed by atoms with E-state index in [1.54, 1.807) is 7.11 Å². The number of ether oxygens (including phenoxy) is 2. The maximum atomic E-state index is 5.92. The van der Waals surface area contributed by atoms with Crippen LogP contribution in [0.5, 0.6) is 5.75 Å². The van der Waals surface area contributed by atoms with Crippen LogP contribution < -0.4 is 4.74 Å². The predicted molar refractivity (Wildman–Crippen MR) is 79.8 cm³/mol. The first-order valence-electron chi connectivity index (χ1n) is 7.02. The summed E-state index contributed by atoms with van der Waals surface area (Å²) in [7, 11) is 1.69. The van der Waals surface area contributed by atoms with Crippen LogP contribution >= 0.6 is 11.6 Å². The van der Waals surface area contributed by atoms with E-state index in [-0.39, 0.29) is 0 Å². The van der Waals surface area contributed by atoms with Gasteiger partial charge < -0.3 is 14.0 Å². The Morgan fingerprint density at radius 1 is 1.50 bits per heavy atom. The van der Waals surface area contributed by atoms with E-state index in [1.165, 1.54) is 0 Å². The summed E-state index contributed by atoms with van der Waals surface area (Å²) < 4.78 is 13.3. The predicted octanol–water partition coefficient (Wildman–Crippen LogP) is 3.18. The van der Waals surface area contributed by atoms with Gasteiger partial charge in [-0.1, -0.05) is 0 Å². The molecule has 0 N–H and O–H groups in total. The SMILES string of the molecule is COc1ccc2nc(CCCl)n(C3CCCOC3)c2c1. The molecule has 1 aromatic heterocycles. The molecule has 2 aromatic rings. The average molecular weight is 295 g/mol. The summed E-state index contributed by atoms with van der Waals surface area (Å²) in [6.45, 7) is 1.61. The molecular weight excluding hydrogens is 276 g/mol. The molecule has 108 valence electrons. The van der Waals surface area contributed by atoms with Crippen molar-refractivity contribution in [3.63, 3.8) is 0 Å². The summed E-state index contributed by atoms with van der Waals surface area (Å²) in [5.41, 5.74) is 2.11. The maximum Gasteiger partial charge on any atom is 0.121 e. The second kappa shape index (κ2) is 6.02. The fourth-order valence-electron chi connectivity index (χ4n) is 2.85. The van der Waals surface area contributed by atoms with Crippen LogP contribution in [0, 0.1) is 0 Å². The third kappa shape index (κ3) is 2.50. The molecular formula is C15H19ClN2O2. The summed E-state index contributed by atoms with van der Waals surface area (Å²) in [5.74, 6) is 2.47. The fraction of sp³-hybridized carbons (Fsp3) is 0.533. The molecule has 1 aromatic carbocycles. The van der Waals surface area contributed by atoms with Crippen molar-refractivity contribution in [1.82, 2.24) is 9.55 Å². The van der Waals surface area contributed by atoms with Crippen molar-refractivity contribution in [3.8, 4) is 5.75 Å². The van der Waals surface area contributed by atoms with Gasteiger partial charge in [-0.3, -0.25) is 0 Å². The zero-order valence-electron chi connectivity index (χ0n) is 11.6. The van der Waals surface area contributed by atoms with Gasteiger partial charge >= 0.3 is 0 Å². The minimum Gasteiger partial charge on any atom is -0.497 e. The molecule has 0 aliphatic carbocycles. The minimum atomic E-state index is 0.346. The van der Waals surface area contributed by atoms with Crippen molar-refractivity contribution in [2.75, 3.05) is 26.2 Å². The average Bonchev–Trinajstić information content (AvgIpc) is 2.85. The monoisotopic (exact) mass is 294 g/mol. The Labute approximate surface area is 123 Å². The number of halogens is 1. The number of hydrogen-bond donors (Lipinski definition) is 0. The van der Waals surface area contributed by atoms with Crippen LogP contribution in [0.2, 0.25) is 0 Å². The number of hydrogen-bond acceptors (Lipinski definition) is 3. The van der Waals surface area contributed by atoms with Gasteiger partial charge in [0.25, 0.3) is 0 Å². The number of rotatable bonds is 4. The number of methoxy groups -OCH3 is 1. The van der Waals surface area contributed by atoms with Gasteiger partial charge in [0.2, 0.25) is 0 Å². The number of aromatic nitrogens is 2. The lowest BCUT2D eigenvalue weighted by Crippen LogP contribution is -2.23. The topological polar surface area (TPSA) is 36.3 Å². The number of fused-ring (bicyclic) bond motifs is 1. The van der Waals surface area contributed by atoms with E-state index in [0.29, 0.717) is 11.9 Å². The molecule has 0 saturated carbocycles. The van der Waals surface area contributed by atoms with E-state index in [0.717, 1.165) is 55.1 Å². The quantitative estimate of drug-likeness (QED) is 0.813. The van der Waals surface area contributed by atoms with Gasteiger partial charge in [-0.15, -0.1) is 11.6 Å². The van der Waals surface area contributed by atoms with E-state index < -0.39 is 0 Å². The molecule has 3 rings (SSSR count). The van der Waals surface area contributed by atoms with Crippen molar-refractivity contribution in [2.24, 2.45) is 0 Å². The van der Waals surface area contributed by atoms with Crippen LogP contribution in [0.4, 0.5) is 0 Å². The number of benzene rings is 1. The lowest BCUT2D eigenvalue weighted by atomic mass is 10.1. The highest BCUT2D eigenvalue weighted by Crippen LogP contribution is 2.29. The molecule has 20 heavy (non-hydrogen) atoms. The van der Waals surface area contributed by atoms with Gasteiger partial charge in [-0.05, 0) is 25.0 Å². The Morgan fingerprint density at radius 2 is 2.40 bits per heavy atom. The standard InChI is InChI=1S/C15H19ClN2O2/c1-19-12-4-5-13-14(9-12)18(15(17-13)6-7-16)11-3-2-8-20-10-11/h4-5,9,11H,2-3,6-8,10H2,1H3. The van der Waals surface area contributed by atoms with Crippen molar-refractivity contribution in [1.29, 1.82) is 0 Å². The smallest absolute Gasteiger partial charge is 0.121 e. The number of aryl methyl sites for hydroxylation is 1. The lowest BCUT2D eigenvalue weighted by Gasteiger charge is -2.25. The molecule has 0 radical (unpaired) electrons. The molecule has 2 heterocycles. The first-order valence-corrected chi connectivity index (χ1v) is 7.55. The summed E-state index contributed by atoms with van der Waals surface area (Å²) >= 11 is 5.92. The number of nitrogens with zero attached hydrogens (tertiary/aromatic N) is 2. The van der Waals surface area contributed by atoms with Crippen molar-refractivity contribution in [3.05, 3.63) is 24.0 Å². The van der Waals surface area contributed by atoms with Gasteiger partial charge in [-0.25, -0.2) is 4.98 Å². The van der Waals surface area contributed by atoms with Crippen LogP contribution in [-0.2, 0) is 11.2 Å². The second-order valence-electron chi connectivity index (χ2n) is 5.06. The Bertz CT molecular complexity index is 591. The molecule has 1 saturated heterocycles. The third-order valence-electron chi connectivity index (χ3n) is 3.79. The number of alkyl halides is 1. The van der Waals surface area contributed by atoms with Crippen molar-refractivity contribution in [2.45, 2.75) is 25.3 Å². The zero-order valence-corrected chi connectivity index (χ0v) is 12.4. The maximum absolute atomic E-state index is 5.92. The summed E-state index contributed by atoms with van der Waals surface area (Å²) in [4.78, 5) is 4.72. The molecule has 0 spiro atoms. The molecule has 0 bridgehead atoms.